The summed E-state index contributed by atoms with van der Waals surface area (Å²) in [4.78, 5) is 36.7. The lowest BCUT2D eigenvalue weighted by atomic mass is 9.86. The van der Waals surface area contributed by atoms with Gasteiger partial charge in [-0.1, -0.05) is 12.1 Å². The van der Waals surface area contributed by atoms with Crippen LogP contribution in [0, 0.1) is 12.7 Å². The fraction of sp³-hybridized carbons (Fsp3) is 0.150. The van der Waals surface area contributed by atoms with Gasteiger partial charge in [-0.25, -0.2) is 22.7 Å². The van der Waals surface area contributed by atoms with Gasteiger partial charge in [0, 0.05) is 24.1 Å². The Hall–Kier alpha value is -3.57. The number of amides is 2. The predicted molar refractivity (Wildman–Crippen MR) is 108 cm³/mol. The minimum absolute atomic E-state index is 0.108. The second-order valence-electron chi connectivity index (χ2n) is 7.01. The number of aryl methyl sites for hydroxylation is 1. The van der Waals surface area contributed by atoms with Crippen molar-refractivity contribution in [3.8, 4) is 0 Å². The van der Waals surface area contributed by atoms with Crippen LogP contribution in [-0.2, 0) is 19.6 Å². The van der Waals surface area contributed by atoms with E-state index < -0.39 is 44.4 Å². The Labute approximate surface area is 176 Å². The van der Waals surface area contributed by atoms with E-state index >= 15 is 0 Å². The highest BCUT2D eigenvalue weighted by Crippen LogP contribution is 2.37. The molecule has 0 aromatic heterocycles. The third-order valence-corrected chi connectivity index (χ3v) is 5.89. The van der Waals surface area contributed by atoms with Crippen LogP contribution in [-0.4, -0.2) is 31.3 Å². The molecule has 1 heterocycles. The fourth-order valence-corrected chi connectivity index (χ4v) is 4.17. The van der Waals surface area contributed by atoms with Gasteiger partial charge in [-0.05, 0) is 42.3 Å². The summed E-state index contributed by atoms with van der Waals surface area (Å²) < 4.78 is 37.5. The summed E-state index contributed by atoms with van der Waals surface area (Å²) in [7, 11) is -4.41. The molecule has 0 saturated carbocycles. The lowest BCUT2D eigenvalue weighted by Gasteiger charge is -2.30. The van der Waals surface area contributed by atoms with E-state index in [0.717, 1.165) is 29.3 Å². The van der Waals surface area contributed by atoms with Crippen LogP contribution in [0.1, 0.15) is 33.8 Å². The normalized spacial score (nSPS) is 16.7. The Kier molecular flexibility index (Phi) is 5.66. The Bertz CT molecular complexity index is 1240. The van der Waals surface area contributed by atoms with Crippen LogP contribution in [0.2, 0.25) is 0 Å². The highest BCUT2D eigenvalue weighted by Gasteiger charge is 2.35. The standard InChI is InChI=1S/C20H18FN3O6S/c1-10-6-16(17(31(23,29)30)7-13(10)19(22)26)24-9-15(20(27)28)14(8-18(24)25)11-2-4-12(21)5-3-11/h2-7,9,14H,8H2,1H3,(H2,22,26)(H,27,28)(H2,23,29,30). The molecule has 0 fully saturated rings. The number of aliphatic carboxylic acids is 1. The number of hydrogen-bond acceptors (Lipinski definition) is 5. The van der Waals surface area contributed by atoms with Gasteiger partial charge in [-0.3, -0.25) is 14.5 Å². The lowest BCUT2D eigenvalue weighted by molar-refractivity contribution is -0.133. The van der Waals surface area contributed by atoms with Crippen molar-refractivity contribution >= 4 is 33.5 Å². The van der Waals surface area contributed by atoms with Crippen molar-refractivity contribution in [1.29, 1.82) is 0 Å². The van der Waals surface area contributed by atoms with Gasteiger partial charge in [0.25, 0.3) is 0 Å². The van der Waals surface area contributed by atoms with Crippen molar-refractivity contribution in [2.75, 3.05) is 4.90 Å². The van der Waals surface area contributed by atoms with Gasteiger partial charge >= 0.3 is 5.97 Å². The van der Waals surface area contributed by atoms with Crippen LogP contribution in [0.5, 0.6) is 0 Å². The molecule has 0 bridgehead atoms. The van der Waals surface area contributed by atoms with Gasteiger partial charge in [-0.15, -0.1) is 0 Å². The first-order valence-electron chi connectivity index (χ1n) is 8.90. The minimum atomic E-state index is -4.41. The molecule has 1 aliphatic rings. The summed E-state index contributed by atoms with van der Waals surface area (Å²) in [5, 5.41) is 15.0. The zero-order valence-corrected chi connectivity index (χ0v) is 17.0. The van der Waals surface area contributed by atoms with Crippen molar-refractivity contribution in [2.45, 2.75) is 24.2 Å². The molecule has 162 valence electrons. The van der Waals surface area contributed by atoms with Crippen LogP contribution < -0.4 is 15.8 Å². The first-order valence-corrected chi connectivity index (χ1v) is 10.4. The van der Waals surface area contributed by atoms with Gasteiger partial charge in [0.1, 0.15) is 10.7 Å². The monoisotopic (exact) mass is 447 g/mol. The minimum Gasteiger partial charge on any atom is -0.478 e. The summed E-state index contributed by atoms with van der Waals surface area (Å²) in [6, 6.07) is 7.23. The van der Waals surface area contributed by atoms with E-state index in [2.05, 4.69) is 0 Å². The van der Waals surface area contributed by atoms with Crippen molar-refractivity contribution in [3.05, 3.63) is 70.7 Å². The smallest absolute Gasteiger partial charge is 0.333 e. The number of carboxylic acid groups (broad SMARTS) is 1. The molecule has 31 heavy (non-hydrogen) atoms. The first-order chi connectivity index (χ1) is 14.4. The van der Waals surface area contributed by atoms with Crippen molar-refractivity contribution in [1.82, 2.24) is 0 Å². The number of halogens is 1. The van der Waals surface area contributed by atoms with Gasteiger partial charge in [0.15, 0.2) is 0 Å². The molecule has 5 N–H and O–H groups in total. The van der Waals surface area contributed by atoms with Gasteiger partial charge < -0.3 is 10.8 Å². The molecule has 2 aromatic carbocycles. The van der Waals surface area contributed by atoms with Crippen molar-refractivity contribution in [3.63, 3.8) is 0 Å². The van der Waals surface area contributed by atoms with Gasteiger partial charge in [0.05, 0.1) is 11.3 Å². The molecule has 9 nitrogen and oxygen atoms in total. The maximum Gasteiger partial charge on any atom is 0.333 e. The van der Waals surface area contributed by atoms with Crippen LogP contribution in [0.3, 0.4) is 0 Å². The number of carbonyl (C=O) groups excluding carboxylic acids is 2. The zero-order valence-electron chi connectivity index (χ0n) is 16.2. The predicted octanol–water partition coefficient (Wildman–Crippen LogP) is 1.37. The molecule has 1 unspecified atom stereocenters. The topological polar surface area (TPSA) is 161 Å². The first kappa shape index (κ1) is 22.1. The molecule has 2 aromatic rings. The summed E-state index contributed by atoms with van der Waals surface area (Å²) in [6.07, 6.45) is 0.694. The average molecular weight is 447 g/mol. The zero-order chi connectivity index (χ0) is 23.1. The highest BCUT2D eigenvalue weighted by atomic mass is 32.2. The molecule has 0 radical (unpaired) electrons. The van der Waals surface area contributed by atoms with E-state index in [9.17, 15) is 32.3 Å². The van der Waals surface area contributed by atoms with Crippen molar-refractivity contribution < 1.29 is 32.3 Å². The number of sulfonamides is 1. The SMILES string of the molecule is Cc1cc(N2C=C(C(=O)O)C(c3ccc(F)cc3)CC2=O)c(S(N)(=O)=O)cc1C(N)=O. The van der Waals surface area contributed by atoms with E-state index in [-0.39, 0.29) is 28.8 Å². The van der Waals surface area contributed by atoms with E-state index in [1.807, 2.05) is 0 Å². The second-order valence-corrected chi connectivity index (χ2v) is 8.54. The van der Waals surface area contributed by atoms with E-state index in [1.165, 1.54) is 25.1 Å². The lowest BCUT2D eigenvalue weighted by Crippen LogP contribution is -2.35. The molecule has 1 aliphatic heterocycles. The molecular weight excluding hydrogens is 429 g/mol. The molecule has 2 amide bonds. The third-order valence-electron chi connectivity index (χ3n) is 4.95. The number of nitrogens with zero attached hydrogens (tertiary/aromatic N) is 1. The quantitative estimate of drug-likeness (QED) is 0.627. The van der Waals surface area contributed by atoms with Crippen LogP contribution in [0.25, 0.3) is 0 Å². The molecule has 11 heteroatoms. The number of hydrogen-bond donors (Lipinski definition) is 3. The molecular formula is C20H18FN3O6S. The molecule has 0 spiro atoms. The van der Waals surface area contributed by atoms with Gasteiger partial charge in [0.2, 0.25) is 21.8 Å². The summed E-state index contributed by atoms with van der Waals surface area (Å²) in [6.45, 7) is 1.48. The number of benzene rings is 2. The number of nitrogens with two attached hydrogens (primary N) is 2. The molecule has 3 rings (SSSR count). The number of anilines is 1. The summed E-state index contributed by atoms with van der Waals surface area (Å²) in [5.41, 5.74) is 5.43. The van der Waals surface area contributed by atoms with E-state index in [4.69, 9.17) is 10.9 Å². The van der Waals surface area contributed by atoms with Crippen LogP contribution in [0.15, 0.2) is 53.1 Å². The summed E-state index contributed by atoms with van der Waals surface area (Å²) in [5.74, 6) is -4.23. The summed E-state index contributed by atoms with van der Waals surface area (Å²) >= 11 is 0. The molecule has 0 saturated heterocycles. The molecule has 0 aliphatic carbocycles. The number of carboxylic acids is 1. The number of primary sulfonamides is 1. The van der Waals surface area contributed by atoms with Crippen LogP contribution >= 0.6 is 0 Å². The second kappa shape index (κ2) is 7.93. The number of rotatable bonds is 5. The maximum absolute atomic E-state index is 13.2. The Balaban J connectivity index is 2.20. The largest absolute Gasteiger partial charge is 0.478 e. The average Bonchev–Trinajstić information content (AvgIpc) is 2.66. The molecule has 1 atom stereocenters. The Morgan fingerprint density at radius 3 is 2.32 bits per heavy atom. The number of primary amides is 1. The maximum atomic E-state index is 13.2. The highest BCUT2D eigenvalue weighted by molar-refractivity contribution is 7.89. The Morgan fingerprint density at radius 1 is 1.19 bits per heavy atom. The van der Waals surface area contributed by atoms with E-state index in [0.29, 0.717) is 5.56 Å². The van der Waals surface area contributed by atoms with Crippen LogP contribution in [0.4, 0.5) is 10.1 Å². The fourth-order valence-electron chi connectivity index (χ4n) is 3.44. The van der Waals surface area contributed by atoms with E-state index in [1.54, 1.807) is 0 Å². The van der Waals surface area contributed by atoms with Crippen molar-refractivity contribution in [2.24, 2.45) is 10.9 Å². The third kappa shape index (κ3) is 4.32. The Morgan fingerprint density at radius 2 is 1.81 bits per heavy atom. The number of carbonyl (C=O) groups is 3. The van der Waals surface area contributed by atoms with Gasteiger partial charge in [-0.2, -0.15) is 0 Å².